The van der Waals surface area contributed by atoms with Crippen molar-refractivity contribution in [3.05, 3.63) is 0 Å². The van der Waals surface area contributed by atoms with Crippen molar-refractivity contribution in [1.82, 2.24) is 0 Å². The van der Waals surface area contributed by atoms with Gasteiger partial charge in [0.05, 0.1) is 6.04 Å². The molecule has 0 saturated heterocycles. The van der Waals surface area contributed by atoms with Gasteiger partial charge in [0, 0.05) is 0 Å². The Kier molecular flexibility index (Phi) is 2.63. The van der Waals surface area contributed by atoms with Crippen molar-refractivity contribution in [1.29, 1.82) is 0 Å². The molecule has 68 valence electrons. The molecule has 0 amide bonds. The maximum atomic E-state index is 13.4. The number of nitrogens with zero attached hydrogens (tertiary/aromatic N) is 1. The Morgan fingerprint density at radius 1 is 1.58 bits per heavy atom. The number of carbonyl (C=O) groups excluding carboxylic acids is 1. The van der Waals surface area contributed by atoms with Gasteiger partial charge in [0.2, 0.25) is 6.08 Å². The fourth-order valence-electron chi connectivity index (χ4n) is 1.63. The molecule has 0 aromatic heterocycles. The molecule has 0 aliphatic heterocycles. The topological polar surface area (TPSA) is 29.4 Å². The van der Waals surface area contributed by atoms with Gasteiger partial charge in [-0.3, -0.25) is 0 Å². The highest BCUT2D eigenvalue weighted by atomic mass is 19.1. The molecule has 2 nitrogen and oxygen atoms in total. The Morgan fingerprint density at radius 2 is 2.17 bits per heavy atom. The lowest BCUT2D eigenvalue weighted by Crippen LogP contribution is -2.39. The maximum Gasteiger partial charge on any atom is 0.235 e. The summed E-state index contributed by atoms with van der Waals surface area (Å²) in [5.41, 5.74) is -1.39. The molecule has 0 aromatic rings. The number of halogens is 1. The van der Waals surface area contributed by atoms with Crippen LogP contribution in [0.5, 0.6) is 0 Å². The average molecular weight is 171 g/mol. The van der Waals surface area contributed by atoms with Gasteiger partial charge in [-0.25, -0.2) is 9.18 Å². The van der Waals surface area contributed by atoms with E-state index in [1.54, 1.807) is 0 Å². The molecule has 1 saturated carbocycles. The molecule has 12 heavy (non-hydrogen) atoms. The monoisotopic (exact) mass is 171 g/mol. The predicted octanol–water partition coefficient (Wildman–Crippen LogP) is 2.24. The Labute approximate surface area is 71.9 Å². The van der Waals surface area contributed by atoms with E-state index in [0.29, 0.717) is 0 Å². The third kappa shape index (κ3) is 1.92. The van der Waals surface area contributed by atoms with E-state index in [4.69, 9.17) is 0 Å². The minimum atomic E-state index is -1.39. The first-order chi connectivity index (χ1) is 5.55. The molecular formula is C9H14FNO. The normalized spacial score (nSPS) is 20.9. The minimum Gasteiger partial charge on any atom is -0.242 e. The molecule has 1 fully saturated rings. The largest absolute Gasteiger partial charge is 0.242 e. The molecule has 0 spiro atoms. The van der Waals surface area contributed by atoms with Gasteiger partial charge in [-0.2, -0.15) is 4.99 Å². The van der Waals surface area contributed by atoms with Crippen LogP contribution in [0.15, 0.2) is 4.99 Å². The summed E-state index contributed by atoms with van der Waals surface area (Å²) in [6.07, 6.45) is 4.57. The van der Waals surface area contributed by atoms with Gasteiger partial charge in [-0.05, 0) is 32.6 Å². The quantitative estimate of drug-likeness (QED) is 0.473. The standard InChI is InChI=1S/C9H14FNO/c1-9(2,10)8(11-6-12)7-4-3-5-7/h7-8H,3-5H2,1-2H3. The summed E-state index contributed by atoms with van der Waals surface area (Å²) in [4.78, 5) is 13.6. The van der Waals surface area contributed by atoms with Crippen LogP contribution in [0.3, 0.4) is 0 Å². The SMILES string of the molecule is CC(C)(F)C(N=C=O)C1CCC1. The Bertz CT molecular complexity index is 199. The molecular weight excluding hydrogens is 157 g/mol. The lowest BCUT2D eigenvalue weighted by Gasteiger charge is -2.35. The lowest BCUT2D eigenvalue weighted by atomic mass is 9.75. The van der Waals surface area contributed by atoms with E-state index in [9.17, 15) is 9.18 Å². The second kappa shape index (κ2) is 3.36. The van der Waals surface area contributed by atoms with Crippen molar-refractivity contribution in [3.8, 4) is 0 Å². The zero-order valence-electron chi connectivity index (χ0n) is 7.51. The van der Waals surface area contributed by atoms with Gasteiger partial charge in [-0.15, -0.1) is 0 Å². The molecule has 1 atom stereocenters. The highest BCUT2D eigenvalue weighted by molar-refractivity contribution is 5.34. The summed E-state index contributed by atoms with van der Waals surface area (Å²) in [7, 11) is 0. The number of rotatable bonds is 3. The van der Waals surface area contributed by atoms with Crippen LogP contribution in [0.25, 0.3) is 0 Å². The summed E-state index contributed by atoms with van der Waals surface area (Å²) in [6, 6.07) is -0.483. The van der Waals surface area contributed by atoms with Crippen LogP contribution in [0.1, 0.15) is 33.1 Å². The third-order valence-corrected chi connectivity index (χ3v) is 2.49. The average Bonchev–Trinajstić information content (AvgIpc) is 1.80. The smallest absolute Gasteiger partial charge is 0.235 e. The van der Waals surface area contributed by atoms with E-state index < -0.39 is 11.7 Å². The van der Waals surface area contributed by atoms with Crippen LogP contribution in [0.2, 0.25) is 0 Å². The van der Waals surface area contributed by atoms with Crippen LogP contribution in [-0.2, 0) is 4.79 Å². The number of hydrogen-bond acceptors (Lipinski definition) is 2. The van der Waals surface area contributed by atoms with Gasteiger partial charge in [0.25, 0.3) is 0 Å². The molecule has 3 heteroatoms. The summed E-state index contributed by atoms with van der Waals surface area (Å²) in [5.74, 6) is 0.256. The first-order valence-electron chi connectivity index (χ1n) is 4.31. The molecule has 0 aromatic carbocycles. The van der Waals surface area contributed by atoms with Crippen molar-refractivity contribution in [2.24, 2.45) is 10.9 Å². The fraction of sp³-hybridized carbons (Fsp3) is 0.889. The minimum absolute atomic E-state index is 0.256. The van der Waals surface area contributed by atoms with Gasteiger partial charge >= 0.3 is 0 Å². The zero-order valence-corrected chi connectivity index (χ0v) is 7.51. The Morgan fingerprint density at radius 3 is 2.42 bits per heavy atom. The highest BCUT2D eigenvalue weighted by Crippen LogP contribution is 2.37. The van der Waals surface area contributed by atoms with Crippen LogP contribution in [0.4, 0.5) is 4.39 Å². The van der Waals surface area contributed by atoms with E-state index in [1.807, 2.05) is 0 Å². The van der Waals surface area contributed by atoms with E-state index in [1.165, 1.54) is 19.9 Å². The van der Waals surface area contributed by atoms with E-state index in [2.05, 4.69) is 4.99 Å². The summed E-state index contributed by atoms with van der Waals surface area (Å²) in [5, 5.41) is 0. The molecule has 1 rings (SSSR count). The van der Waals surface area contributed by atoms with Crippen molar-refractivity contribution < 1.29 is 9.18 Å². The molecule has 0 radical (unpaired) electrons. The van der Waals surface area contributed by atoms with Crippen molar-refractivity contribution in [3.63, 3.8) is 0 Å². The van der Waals surface area contributed by atoms with Crippen LogP contribution in [0, 0.1) is 5.92 Å². The number of aliphatic imine (C=N–C) groups is 1. The molecule has 0 heterocycles. The summed E-state index contributed by atoms with van der Waals surface area (Å²) < 4.78 is 13.4. The van der Waals surface area contributed by atoms with Gasteiger partial charge in [-0.1, -0.05) is 6.42 Å². The number of hydrogen-bond donors (Lipinski definition) is 0. The van der Waals surface area contributed by atoms with Gasteiger partial charge in [0.15, 0.2) is 0 Å². The summed E-state index contributed by atoms with van der Waals surface area (Å²) in [6.45, 7) is 2.94. The van der Waals surface area contributed by atoms with Gasteiger partial charge in [0.1, 0.15) is 5.67 Å². The lowest BCUT2D eigenvalue weighted by molar-refractivity contribution is 0.101. The van der Waals surface area contributed by atoms with Crippen LogP contribution >= 0.6 is 0 Å². The third-order valence-electron chi connectivity index (χ3n) is 2.49. The molecule has 1 unspecified atom stereocenters. The van der Waals surface area contributed by atoms with Crippen LogP contribution < -0.4 is 0 Å². The summed E-state index contributed by atoms with van der Waals surface area (Å²) >= 11 is 0. The molecule has 0 bridgehead atoms. The van der Waals surface area contributed by atoms with Crippen LogP contribution in [-0.4, -0.2) is 17.8 Å². The van der Waals surface area contributed by atoms with E-state index in [0.717, 1.165) is 19.3 Å². The maximum absolute atomic E-state index is 13.4. The second-order valence-corrected chi connectivity index (χ2v) is 3.92. The predicted molar refractivity (Wildman–Crippen MR) is 44.4 cm³/mol. The van der Waals surface area contributed by atoms with Gasteiger partial charge < -0.3 is 0 Å². The molecule has 1 aliphatic carbocycles. The highest BCUT2D eigenvalue weighted by Gasteiger charge is 2.38. The second-order valence-electron chi connectivity index (χ2n) is 3.92. The molecule has 0 N–H and O–H groups in total. The Balaban J connectivity index is 2.66. The van der Waals surface area contributed by atoms with Crippen molar-refractivity contribution in [2.45, 2.75) is 44.8 Å². The van der Waals surface area contributed by atoms with Crippen molar-refractivity contribution in [2.75, 3.05) is 0 Å². The first-order valence-corrected chi connectivity index (χ1v) is 4.31. The fourth-order valence-corrected chi connectivity index (χ4v) is 1.63. The molecule has 1 aliphatic rings. The van der Waals surface area contributed by atoms with E-state index >= 15 is 0 Å². The van der Waals surface area contributed by atoms with Crippen molar-refractivity contribution >= 4 is 6.08 Å². The first kappa shape index (κ1) is 9.40. The number of alkyl halides is 1. The van der Waals surface area contributed by atoms with E-state index in [-0.39, 0.29) is 5.92 Å². The number of isocyanates is 1. The zero-order chi connectivity index (χ0) is 9.19. The Hall–Kier alpha value is -0.690.